The molecule has 2 atom stereocenters. The lowest BCUT2D eigenvalue weighted by Crippen LogP contribution is -2.32. The number of benzene rings is 2. The molecule has 0 aliphatic heterocycles. The highest BCUT2D eigenvalue weighted by molar-refractivity contribution is 5.77. The van der Waals surface area contributed by atoms with Gasteiger partial charge in [-0.05, 0) is 68.5 Å². The van der Waals surface area contributed by atoms with Crippen LogP contribution in [-0.4, -0.2) is 13.1 Å². The lowest BCUT2D eigenvalue weighted by molar-refractivity contribution is -0.142. The molecule has 3 nitrogen and oxygen atoms in total. The molecule has 0 N–H and O–H groups in total. The number of carbonyl (C=O) groups is 1. The third-order valence-electron chi connectivity index (χ3n) is 5.94. The van der Waals surface area contributed by atoms with E-state index in [4.69, 9.17) is 9.47 Å². The highest BCUT2D eigenvalue weighted by Crippen LogP contribution is 2.42. The van der Waals surface area contributed by atoms with Crippen molar-refractivity contribution in [3.05, 3.63) is 59.7 Å². The molecule has 0 bridgehead atoms. The van der Waals surface area contributed by atoms with Crippen LogP contribution in [0.5, 0.6) is 11.5 Å². The van der Waals surface area contributed by atoms with Crippen molar-refractivity contribution in [1.82, 2.24) is 0 Å². The Balaban J connectivity index is 2.38. The van der Waals surface area contributed by atoms with E-state index in [1.807, 2.05) is 45.0 Å². The van der Waals surface area contributed by atoms with E-state index >= 15 is 0 Å². The van der Waals surface area contributed by atoms with Gasteiger partial charge in [0.05, 0.1) is 12.5 Å². The van der Waals surface area contributed by atoms with Crippen molar-refractivity contribution in [2.24, 2.45) is 11.3 Å². The van der Waals surface area contributed by atoms with Crippen molar-refractivity contribution in [1.29, 1.82) is 0 Å². The maximum absolute atomic E-state index is 12.2. The molecule has 2 unspecified atom stereocenters. The fraction of sp³-hybridized carbons (Fsp3) is 0.500. The van der Waals surface area contributed by atoms with Crippen LogP contribution in [0.25, 0.3) is 0 Å². The van der Waals surface area contributed by atoms with Gasteiger partial charge >= 0.3 is 5.97 Å². The van der Waals surface area contributed by atoms with E-state index in [2.05, 4.69) is 45.0 Å². The van der Waals surface area contributed by atoms with E-state index in [1.165, 1.54) is 24.0 Å². The molecule has 0 amide bonds. The Labute approximate surface area is 176 Å². The Hall–Kier alpha value is -2.29. The van der Waals surface area contributed by atoms with Crippen LogP contribution < -0.4 is 9.47 Å². The third-order valence-corrected chi connectivity index (χ3v) is 5.94. The van der Waals surface area contributed by atoms with Crippen LogP contribution in [0.4, 0.5) is 0 Å². The molecule has 0 aliphatic rings. The van der Waals surface area contributed by atoms with E-state index in [0.717, 1.165) is 12.2 Å². The van der Waals surface area contributed by atoms with Crippen LogP contribution in [0.15, 0.2) is 48.5 Å². The third kappa shape index (κ3) is 5.41. The molecule has 2 aromatic rings. The number of methoxy groups -OCH3 is 1. The summed E-state index contributed by atoms with van der Waals surface area (Å²) in [4.78, 5) is 12.2. The highest BCUT2D eigenvalue weighted by atomic mass is 16.5. The first-order valence-electron chi connectivity index (χ1n) is 10.6. The second kappa shape index (κ2) is 9.47. The fourth-order valence-corrected chi connectivity index (χ4v) is 3.60. The van der Waals surface area contributed by atoms with E-state index in [0.29, 0.717) is 11.7 Å². The minimum atomic E-state index is -0.523. The number of hydrogen-bond donors (Lipinski definition) is 0. The average Bonchev–Trinajstić information content (AvgIpc) is 2.71. The van der Waals surface area contributed by atoms with Crippen molar-refractivity contribution in [3.63, 3.8) is 0 Å². The second-order valence-electron chi connectivity index (χ2n) is 9.14. The largest absolute Gasteiger partial charge is 0.497 e. The summed E-state index contributed by atoms with van der Waals surface area (Å²) in [5.41, 5.74) is 1.82. The van der Waals surface area contributed by atoms with E-state index in [1.54, 1.807) is 7.11 Å². The van der Waals surface area contributed by atoms with Gasteiger partial charge < -0.3 is 9.47 Å². The molecule has 2 aromatic carbocycles. The van der Waals surface area contributed by atoms with E-state index in [-0.39, 0.29) is 11.4 Å². The predicted molar refractivity (Wildman–Crippen MR) is 120 cm³/mol. The number of unbranched alkanes of at least 4 members (excludes halogenated alkanes) is 1. The topological polar surface area (TPSA) is 35.5 Å². The number of carbonyl (C=O) groups excluding carboxylic acids is 1. The van der Waals surface area contributed by atoms with Gasteiger partial charge in [0.1, 0.15) is 11.5 Å². The van der Waals surface area contributed by atoms with Crippen molar-refractivity contribution in [2.75, 3.05) is 7.11 Å². The zero-order valence-electron chi connectivity index (χ0n) is 19.0. The maximum atomic E-state index is 12.2. The van der Waals surface area contributed by atoms with Crippen LogP contribution in [0.1, 0.15) is 71.9 Å². The van der Waals surface area contributed by atoms with Crippen LogP contribution in [0.3, 0.4) is 0 Å². The molecule has 0 fully saturated rings. The molecule has 3 heteroatoms. The Bertz CT molecular complexity index is 784. The molecular weight excluding hydrogens is 360 g/mol. The van der Waals surface area contributed by atoms with Crippen LogP contribution in [0.2, 0.25) is 0 Å². The average molecular weight is 397 g/mol. The summed E-state index contributed by atoms with van der Waals surface area (Å²) in [6.07, 6.45) is 3.54. The molecule has 2 rings (SSSR count). The molecule has 0 radical (unpaired) electrons. The first kappa shape index (κ1) is 23.0. The Morgan fingerprint density at radius 1 is 0.897 bits per heavy atom. The summed E-state index contributed by atoms with van der Waals surface area (Å²) in [6, 6.07) is 16.4. The van der Waals surface area contributed by atoms with Gasteiger partial charge in [-0.1, -0.05) is 57.9 Å². The fourth-order valence-electron chi connectivity index (χ4n) is 3.60. The summed E-state index contributed by atoms with van der Waals surface area (Å²) in [7, 11) is 1.69. The normalized spacial score (nSPS) is 14.7. The molecule has 0 heterocycles. The minimum Gasteiger partial charge on any atom is -0.497 e. The van der Waals surface area contributed by atoms with Crippen LogP contribution in [-0.2, 0) is 10.2 Å². The van der Waals surface area contributed by atoms with Crippen molar-refractivity contribution in [2.45, 2.75) is 66.2 Å². The summed E-state index contributed by atoms with van der Waals surface area (Å²) in [5, 5.41) is 0. The van der Waals surface area contributed by atoms with Gasteiger partial charge in [-0.15, -0.1) is 0 Å². The summed E-state index contributed by atoms with van der Waals surface area (Å²) < 4.78 is 10.9. The summed E-state index contributed by atoms with van der Waals surface area (Å²) >= 11 is 0. The zero-order chi connectivity index (χ0) is 21.7. The molecule has 0 spiro atoms. The smallest absolute Gasteiger partial charge is 0.316 e. The lowest BCUT2D eigenvalue weighted by atomic mass is 9.66. The first-order valence-corrected chi connectivity index (χ1v) is 10.6. The number of hydrogen-bond acceptors (Lipinski definition) is 3. The summed E-state index contributed by atoms with van der Waals surface area (Å²) in [5.74, 6) is 1.69. The van der Waals surface area contributed by atoms with Crippen molar-refractivity contribution in [3.8, 4) is 11.5 Å². The first-order chi connectivity index (χ1) is 13.6. The molecule has 0 saturated carbocycles. The lowest BCUT2D eigenvalue weighted by Gasteiger charge is -2.37. The highest BCUT2D eigenvalue weighted by Gasteiger charge is 2.35. The van der Waals surface area contributed by atoms with Crippen molar-refractivity contribution < 1.29 is 14.3 Å². The Morgan fingerprint density at radius 3 is 1.79 bits per heavy atom. The van der Waals surface area contributed by atoms with Gasteiger partial charge in [0.25, 0.3) is 0 Å². The quantitative estimate of drug-likeness (QED) is 0.364. The monoisotopic (exact) mass is 396 g/mol. The van der Waals surface area contributed by atoms with Crippen LogP contribution >= 0.6 is 0 Å². The minimum absolute atomic E-state index is 0.145. The number of esters is 1. The Kier molecular flexibility index (Phi) is 7.51. The molecule has 0 aromatic heterocycles. The summed E-state index contributed by atoms with van der Waals surface area (Å²) in [6.45, 7) is 12.5. The molecule has 0 saturated heterocycles. The molecular formula is C26H36O3. The number of ether oxygens (including phenoxy) is 2. The standard InChI is InChI=1S/C26H36O3/c1-8-9-10-19(2)26(6,20-11-15-22(28-7)16-12-20)21-13-17-23(18-14-21)29-24(27)25(3,4)5/h11-19H,8-10H2,1-7H3. The second-order valence-corrected chi connectivity index (χ2v) is 9.14. The van der Waals surface area contributed by atoms with Gasteiger partial charge in [0, 0.05) is 5.41 Å². The number of rotatable bonds is 8. The predicted octanol–water partition coefficient (Wildman–Crippen LogP) is 6.78. The van der Waals surface area contributed by atoms with E-state index < -0.39 is 5.41 Å². The van der Waals surface area contributed by atoms with Gasteiger partial charge in [-0.25, -0.2) is 0 Å². The molecule has 158 valence electrons. The SMILES string of the molecule is CCCCC(C)C(C)(c1ccc(OC)cc1)c1ccc(OC(=O)C(C)(C)C)cc1. The van der Waals surface area contributed by atoms with Crippen LogP contribution in [0, 0.1) is 11.3 Å². The molecule has 0 aliphatic carbocycles. The molecule has 29 heavy (non-hydrogen) atoms. The van der Waals surface area contributed by atoms with E-state index in [9.17, 15) is 4.79 Å². The van der Waals surface area contributed by atoms with Gasteiger partial charge in [0.2, 0.25) is 0 Å². The maximum Gasteiger partial charge on any atom is 0.316 e. The van der Waals surface area contributed by atoms with Crippen molar-refractivity contribution >= 4 is 5.97 Å². The van der Waals surface area contributed by atoms with Gasteiger partial charge in [-0.2, -0.15) is 0 Å². The van der Waals surface area contributed by atoms with Gasteiger partial charge in [-0.3, -0.25) is 4.79 Å². The Morgan fingerprint density at radius 2 is 1.38 bits per heavy atom. The zero-order valence-corrected chi connectivity index (χ0v) is 19.0. The van der Waals surface area contributed by atoms with Gasteiger partial charge in [0.15, 0.2) is 0 Å².